The average molecular weight is 255 g/mol. The van der Waals surface area contributed by atoms with Crippen LogP contribution >= 0.6 is 0 Å². The summed E-state index contributed by atoms with van der Waals surface area (Å²) in [6.07, 6.45) is 0.929. The lowest BCUT2D eigenvalue weighted by molar-refractivity contribution is 0.0587. The Kier molecular flexibility index (Phi) is 6.93. The largest absolute Gasteiger partial charge is 0.382 e. The number of hydrogen-bond acceptors (Lipinski definition) is 4. The fourth-order valence-corrected chi connectivity index (χ4v) is 1.95. The van der Waals surface area contributed by atoms with Crippen LogP contribution in [-0.4, -0.2) is 49.3 Å². The quantitative estimate of drug-likeness (QED) is 0.666. The number of methoxy groups -OCH3 is 1. The zero-order valence-electron chi connectivity index (χ0n) is 11.9. The minimum absolute atomic E-state index is 0.321. The van der Waals surface area contributed by atoms with Gasteiger partial charge in [-0.3, -0.25) is 4.68 Å². The van der Waals surface area contributed by atoms with Crippen molar-refractivity contribution in [3.05, 3.63) is 17.5 Å². The van der Waals surface area contributed by atoms with Gasteiger partial charge in [-0.1, -0.05) is 6.92 Å². The highest BCUT2D eigenvalue weighted by Crippen LogP contribution is 2.06. The van der Waals surface area contributed by atoms with Crippen LogP contribution in [0.3, 0.4) is 0 Å². The second-order valence-electron chi connectivity index (χ2n) is 4.43. The van der Waals surface area contributed by atoms with Crippen LogP contribution in [0.1, 0.15) is 18.3 Å². The molecule has 5 heteroatoms. The van der Waals surface area contributed by atoms with Crippen molar-refractivity contribution in [2.24, 2.45) is 7.05 Å². The zero-order valence-corrected chi connectivity index (χ0v) is 11.9. The molecule has 1 aromatic rings. The predicted octanol–water partition coefficient (Wildman–Crippen LogP) is 0.912. The molecule has 0 fully saturated rings. The summed E-state index contributed by atoms with van der Waals surface area (Å²) in [6, 6.07) is 2.45. The molecule has 1 atom stereocenters. The van der Waals surface area contributed by atoms with Crippen LogP contribution in [0.25, 0.3) is 0 Å². The van der Waals surface area contributed by atoms with Gasteiger partial charge in [0.05, 0.1) is 25.5 Å². The molecule has 0 spiro atoms. The lowest BCUT2D eigenvalue weighted by atomic mass is 10.1. The van der Waals surface area contributed by atoms with Crippen molar-refractivity contribution in [3.63, 3.8) is 0 Å². The normalized spacial score (nSPS) is 12.9. The Balaban J connectivity index is 2.44. The van der Waals surface area contributed by atoms with Crippen molar-refractivity contribution < 1.29 is 9.47 Å². The Bertz CT molecular complexity index is 339. The smallest absolute Gasteiger partial charge is 0.0701 e. The van der Waals surface area contributed by atoms with Crippen molar-refractivity contribution in [1.29, 1.82) is 0 Å². The van der Waals surface area contributed by atoms with E-state index in [0.29, 0.717) is 25.9 Å². The maximum atomic E-state index is 5.59. The van der Waals surface area contributed by atoms with Gasteiger partial charge >= 0.3 is 0 Å². The van der Waals surface area contributed by atoms with Crippen LogP contribution in [0, 0.1) is 6.92 Å². The molecule has 0 amide bonds. The molecule has 5 nitrogen and oxygen atoms in total. The van der Waals surface area contributed by atoms with E-state index >= 15 is 0 Å². The fraction of sp³-hybridized carbons (Fsp3) is 0.769. The van der Waals surface area contributed by atoms with E-state index in [-0.39, 0.29) is 0 Å². The van der Waals surface area contributed by atoms with Gasteiger partial charge in [0.25, 0.3) is 0 Å². The van der Waals surface area contributed by atoms with Crippen LogP contribution < -0.4 is 5.32 Å². The van der Waals surface area contributed by atoms with Gasteiger partial charge < -0.3 is 14.8 Å². The first kappa shape index (κ1) is 15.1. The second kappa shape index (κ2) is 8.24. The van der Waals surface area contributed by atoms with Gasteiger partial charge in [-0.2, -0.15) is 5.10 Å². The van der Waals surface area contributed by atoms with Crippen LogP contribution in [0.2, 0.25) is 0 Å². The Hall–Kier alpha value is -0.910. The van der Waals surface area contributed by atoms with E-state index in [1.54, 1.807) is 7.11 Å². The molecule has 0 aliphatic rings. The van der Waals surface area contributed by atoms with Gasteiger partial charge in [0.1, 0.15) is 0 Å². The third-order valence-electron chi connectivity index (χ3n) is 2.80. The van der Waals surface area contributed by atoms with Gasteiger partial charge in [-0.15, -0.1) is 0 Å². The summed E-state index contributed by atoms with van der Waals surface area (Å²) in [5.74, 6) is 0. The van der Waals surface area contributed by atoms with Gasteiger partial charge in [-0.05, 0) is 19.5 Å². The van der Waals surface area contributed by atoms with Crippen molar-refractivity contribution in [2.45, 2.75) is 26.3 Å². The number of likely N-dealkylation sites (N-methyl/N-ethyl adjacent to an activating group) is 1. The van der Waals surface area contributed by atoms with Gasteiger partial charge in [0.15, 0.2) is 0 Å². The molecule has 1 heterocycles. The molecule has 0 aromatic carbocycles. The molecule has 0 saturated heterocycles. The molecule has 18 heavy (non-hydrogen) atoms. The summed E-state index contributed by atoms with van der Waals surface area (Å²) in [5, 5.41) is 7.80. The molecular formula is C13H25N3O2. The summed E-state index contributed by atoms with van der Waals surface area (Å²) in [4.78, 5) is 0. The van der Waals surface area contributed by atoms with Gasteiger partial charge in [0.2, 0.25) is 0 Å². The molecule has 1 rings (SSSR count). The second-order valence-corrected chi connectivity index (χ2v) is 4.43. The van der Waals surface area contributed by atoms with Crippen molar-refractivity contribution in [3.8, 4) is 0 Å². The van der Waals surface area contributed by atoms with E-state index in [1.807, 2.05) is 18.7 Å². The molecule has 0 saturated carbocycles. The summed E-state index contributed by atoms with van der Waals surface area (Å²) in [6.45, 7) is 7.04. The minimum atomic E-state index is 0.321. The maximum absolute atomic E-state index is 5.59. The van der Waals surface area contributed by atoms with Crippen LogP contribution in [0.5, 0.6) is 0 Å². The Morgan fingerprint density at radius 2 is 2.22 bits per heavy atom. The van der Waals surface area contributed by atoms with E-state index in [1.165, 1.54) is 5.69 Å². The van der Waals surface area contributed by atoms with Crippen LogP contribution in [0.4, 0.5) is 0 Å². The number of aromatic nitrogens is 2. The van der Waals surface area contributed by atoms with Gasteiger partial charge in [-0.25, -0.2) is 0 Å². The molecule has 104 valence electrons. The first-order chi connectivity index (χ1) is 8.67. The maximum Gasteiger partial charge on any atom is 0.0701 e. The zero-order chi connectivity index (χ0) is 13.4. The van der Waals surface area contributed by atoms with Crippen LogP contribution in [-0.2, 0) is 22.9 Å². The summed E-state index contributed by atoms with van der Waals surface area (Å²) >= 11 is 0. The van der Waals surface area contributed by atoms with Crippen molar-refractivity contribution in [2.75, 3.05) is 33.5 Å². The SMILES string of the molecule is CCNC(COCCOC)Cc1cc(C)nn1C. The first-order valence-electron chi connectivity index (χ1n) is 6.47. The van der Waals surface area contributed by atoms with Crippen LogP contribution in [0.15, 0.2) is 6.07 Å². The van der Waals surface area contributed by atoms with E-state index in [4.69, 9.17) is 9.47 Å². The van der Waals surface area contributed by atoms with Gasteiger partial charge in [0, 0.05) is 32.3 Å². The number of hydrogen-bond donors (Lipinski definition) is 1. The monoisotopic (exact) mass is 255 g/mol. The highest BCUT2D eigenvalue weighted by atomic mass is 16.5. The highest BCUT2D eigenvalue weighted by molar-refractivity contribution is 5.10. The Labute approximate surface area is 109 Å². The molecule has 1 aromatic heterocycles. The number of ether oxygens (including phenoxy) is 2. The standard InChI is InChI=1S/C13H25N3O2/c1-5-14-12(10-18-7-6-17-4)9-13-8-11(2)15-16(13)3/h8,12,14H,5-7,9-10H2,1-4H3. The van der Waals surface area contributed by atoms with E-state index < -0.39 is 0 Å². The summed E-state index contributed by atoms with van der Waals surface area (Å²) < 4.78 is 12.5. The lowest BCUT2D eigenvalue weighted by Gasteiger charge is -2.18. The number of nitrogens with zero attached hydrogens (tertiary/aromatic N) is 2. The molecule has 1 unspecified atom stereocenters. The van der Waals surface area contributed by atoms with E-state index in [9.17, 15) is 0 Å². The molecule has 0 aliphatic carbocycles. The lowest BCUT2D eigenvalue weighted by Crippen LogP contribution is -2.36. The van der Waals surface area contributed by atoms with Crippen molar-refractivity contribution in [1.82, 2.24) is 15.1 Å². The molecule has 0 bridgehead atoms. The summed E-state index contributed by atoms with van der Waals surface area (Å²) in [7, 11) is 3.67. The molecule has 1 N–H and O–H groups in total. The topological polar surface area (TPSA) is 48.3 Å². The van der Waals surface area contributed by atoms with Crippen molar-refractivity contribution >= 4 is 0 Å². The average Bonchev–Trinajstić information content (AvgIpc) is 2.63. The summed E-state index contributed by atoms with van der Waals surface area (Å²) in [5.41, 5.74) is 2.29. The number of nitrogens with one attached hydrogen (secondary N) is 1. The Morgan fingerprint density at radius 1 is 1.44 bits per heavy atom. The molecular weight excluding hydrogens is 230 g/mol. The van der Waals surface area contributed by atoms with E-state index in [0.717, 1.165) is 18.7 Å². The third-order valence-corrected chi connectivity index (χ3v) is 2.80. The molecule has 0 radical (unpaired) electrons. The highest BCUT2D eigenvalue weighted by Gasteiger charge is 2.11. The fourth-order valence-electron chi connectivity index (χ4n) is 1.95. The first-order valence-corrected chi connectivity index (χ1v) is 6.47. The predicted molar refractivity (Wildman–Crippen MR) is 71.8 cm³/mol. The third kappa shape index (κ3) is 5.16. The molecule has 0 aliphatic heterocycles. The minimum Gasteiger partial charge on any atom is -0.382 e. The number of rotatable bonds is 9. The number of aryl methyl sites for hydroxylation is 2. The van der Waals surface area contributed by atoms with E-state index in [2.05, 4.69) is 23.4 Å². The Morgan fingerprint density at radius 3 is 2.78 bits per heavy atom.